The fourth-order valence-corrected chi connectivity index (χ4v) is 4.79. The third kappa shape index (κ3) is 5.75. The van der Waals surface area contributed by atoms with Crippen LogP contribution in [0.5, 0.6) is 23.0 Å². The third-order valence-electron chi connectivity index (χ3n) is 4.64. The van der Waals surface area contributed by atoms with Gasteiger partial charge in [0.05, 0.1) is 0 Å². The second kappa shape index (κ2) is 9.58. The Morgan fingerprint density at radius 3 is 1.29 bits per heavy atom. The first kappa shape index (κ1) is 23.3. The number of rotatable bonds is 8. The molecule has 0 fully saturated rings. The van der Waals surface area contributed by atoms with Crippen molar-refractivity contribution in [3.63, 3.8) is 0 Å². The van der Waals surface area contributed by atoms with Crippen molar-refractivity contribution < 1.29 is 29.9 Å². The zero-order chi connectivity index (χ0) is 24.2. The van der Waals surface area contributed by atoms with Crippen LogP contribution in [-0.2, 0) is 20.2 Å². The third-order valence-corrected chi connectivity index (χ3v) is 7.16. The first-order chi connectivity index (χ1) is 16.2. The smallest absolute Gasteiger partial charge is 0.339 e. The molecule has 0 radical (unpaired) electrons. The van der Waals surface area contributed by atoms with Crippen molar-refractivity contribution in [1.82, 2.24) is 0 Å². The van der Waals surface area contributed by atoms with Gasteiger partial charge < -0.3 is 13.1 Å². The maximum Gasteiger partial charge on any atom is 0.339 e. The van der Waals surface area contributed by atoms with Crippen molar-refractivity contribution in [2.45, 2.75) is 16.7 Å². The Balaban J connectivity index is 1.39. The van der Waals surface area contributed by atoms with Crippen molar-refractivity contribution in [1.29, 1.82) is 0 Å². The quantitative estimate of drug-likeness (QED) is 0.305. The zero-order valence-electron chi connectivity index (χ0n) is 18.0. The summed E-state index contributed by atoms with van der Waals surface area (Å²) in [5.74, 6) is 1.15. The van der Waals surface area contributed by atoms with Crippen molar-refractivity contribution >= 4 is 20.2 Å². The molecule has 0 aliphatic rings. The van der Waals surface area contributed by atoms with Gasteiger partial charge in [-0.05, 0) is 79.7 Å². The SMILES string of the molecule is Cc1ccc(S(=O)(=O)Oc2ccc(Oc3ccc(OS(=O)(=O)c4ccccc4)cc3)cc2)cc1. The van der Waals surface area contributed by atoms with Gasteiger partial charge in [0.1, 0.15) is 32.8 Å². The van der Waals surface area contributed by atoms with Crippen molar-refractivity contribution in [3.8, 4) is 23.0 Å². The van der Waals surface area contributed by atoms with Crippen molar-refractivity contribution in [2.24, 2.45) is 0 Å². The Morgan fingerprint density at radius 2 is 0.853 bits per heavy atom. The van der Waals surface area contributed by atoms with E-state index in [2.05, 4.69) is 0 Å². The normalized spacial score (nSPS) is 11.6. The Kier molecular flexibility index (Phi) is 6.58. The summed E-state index contributed by atoms with van der Waals surface area (Å²) < 4.78 is 65.5. The van der Waals surface area contributed by atoms with Crippen LogP contribution in [0.3, 0.4) is 0 Å². The summed E-state index contributed by atoms with van der Waals surface area (Å²) in [6.07, 6.45) is 0. The highest BCUT2D eigenvalue weighted by molar-refractivity contribution is 7.87. The van der Waals surface area contributed by atoms with E-state index >= 15 is 0 Å². The molecule has 4 aromatic rings. The molecule has 0 atom stereocenters. The minimum absolute atomic E-state index is 0.0574. The van der Waals surface area contributed by atoms with E-state index in [1.165, 1.54) is 48.5 Å². The summed E-state index contributed by atoms with van der Waals surface area (Å²) in [5.41, 5.74) is 0.942. The average molecular weight is 497 g/mol. The molecule has 0 aliphatic carbocycles. The second-order valence-electron chi connectivity index (χ2n) is 7.25. The van der Waals surface area contributed by atoms with E-state index in [1.807, 2.05) is 6.92 Å². The molecule has 0 aromatic heterocycles. The standard InChI is InChI=1S/C25H20O7S2/c1-19-7-17-25(18-8-19)34(28,29)32-23-15-11-21(12-16-23)30-20-9-13-22(14-10-20)31-33(26,27)24-5-3-2-4-6-24/h2-18H,1H3. The fraction of sp³-hybridized carbons (Fsp3) is 0.0400. The topological polar surface area (TPSA) is 96.0 Å². The molecular formula is C25H20O7S2. The minimum atomic E-state index is -3.95. The van der Waals surface area contributed by atoms with Gasteiger partial charge in [-0.2, -0.15) is 16.8 Å². The Labute approximate surface area is 198 Å². The predicted molar refractivity (Wildman–Crippen MR) is 126 cm³/mol. The van der Waals surface area contributed by atoms with Gasteiger partial charge in [0, 0.05) is 0 Å². The van der Waals surface area contributed by atoms with E-state index in [4.69, 9.17) is 13.1 Å². The van der Waals surface area contributed by atoms with E-state index in [-0.39, 0.29) is 21.3 Å². The molecule has 0 amide bonds. The molecule has 0 spiro atoms. The van der Waals surface area contributed by atoms with E-state index in [0.717, 1.165) is 5.56 Å². The van der Waals surface area contributed by atoms with Crippen LogP contribution in [0.15, 0.2) is 113 Å². The number of benzene rings is 4. The highest BCUT2D eigenvalue weighted by Crippen LogP contribution is 2.28. The second-order valence-corrected chi connectivity index (χ2v) is 10.3. The zero-order valence-corrected chi connectivity index (χ0v) is 19.6. The summed E-state index contributed by atoms with van der Waals surface area (Å²) in [6, 6.07) is 26.3. The molecule has 9 heteroatoms. The highest BCUT2D eigenvalue weighted by Gasteiger charge is 2.17. The monoisotopic (exact) mass is 496 g/mol. The highest BCUT2D eigenvalue weighted by atomic mass is 32.2. The molecule has 0 saturated carbocycles. The van der Waals surface area contributed by atoms with Crippen LogP contribution in [-0.4, -0.2) is 16.8 Å². The fourth-order valence-electron chi connectivity index (χ4n) is 2.90. The maximum atomic E-state index is 12.4. The Bertz CT molecular complexity index is 1460. The van der Waals surface area contributed by atoms with E-state index in [9.17, 15) is 16.8 Å². The van der Waals surface area contributed by atoms with Gasteiger partial charge in [0.25, 0.3) is 0 Å². The van der Waals surface area contributed by atoms with Gasteiger partial charge in [0.15, 0.2) is 0 Å². The van der Waals surface area contributed by atoms with Gasteiger partial charge in [-0.15, -0.1) is 0 Å². The summed E-state index contributed by atoms with van der Waals surface area (Å²) in [6.45, 7) is 1.86. The summed E-state index contributed by atoms with van der Waals surface area (Å²) in [5, 5.41) is 0. The molecule has 0 bridgehead atoms. The lowest BCUT2D eigenvalue weighted by Gasteiger charge is -2.10. The first-order valence-corrected chi connectivity index (χ1v) is 12.9. The van der Waals surface area contributed by atoms with Crippen molar-refractivity contribution in [2.75, 3.05) is 0 Å². The Morgan fingerprint density at radius 1 is 0.471 bits per heavy atom. The Hall–Kier alpha value is -3.82. The molecule has 174 valence electrons. The predicted octanol–water partition coefficient (Wildman–Crippen LogP) is 5.32. The maximum absolute atomic E-state index is 12.4. The van der Waals surface area contributed by atoms with Gasteiger partial charge in [-0.25, -0.2) is 0 Å². The lowest BCUT2D eigenvalue weighted by atomic mass is 10.2. The van der Waals surface area contributed by atoms with Crippen LogP contribution < -0.4 is 13.1 Å². The number of aryl methyl sites for hydroxylation is 1. The van der Waals surface area contributed by atoms with Crippen LogP contribution in [0.1, 0.15) is 5.56 Å². The van der Waals surface area contributed by atoms with Crippen molar-refractivity contribution in [3.05, 3.63) is 109 Å². The van der Waals surface area contributed by atoms with Crippen LogP contribution >= 0.6 is 0 Å². The summed E-state index contributed by atoms with van der Waals surface area (Å²) in [4.78, 5) is 0.122. The lowest BCUT2D eigenvalue weighted by molar-refractivity contribution is 0.471. The molecule has 0 aliphatic heterocycles. The van der Waals surface area contributed by atoms with E-state index in [1.54, 1.807) is 54.6 Å². The molecule has 0 saturated heterocycles. The molecular weight excluding hydrogens is 476 g/mol. The summed E-state index contributed by atoms with van der Waals surface area (Å²) in [7, 11) is -7.88. The van der Waals surface area contributed by atoms with Crippen LogP contribution in [0.25, 0.3) is 0 Å². The van der Waals surface area contributed by atoms with Gasteiger partial charge in [0.2, 0.25) is 0 Å². The first-order valence-electron chi connectivity index (χ1n) is 10.1. The van der Waals surface area contributed by atoms with Crippen LogP contribution in [0.4, 0.5) is 0 Å². The molecule has 0 unspecified atom stereocenters. The van der Waals surface area contributed by atoms with Crippen LogP contribution in [0.2, 0.25) is 0 Å². The van der Waals surface area contributed by atoms with E-state index < -0.39 is 20.2 Å². The molecule has 0 N–H and O–H groups in total. The number of ether oxygens (including phenoxy) is 1. The van der Waals surface area contributed by atoms with E-state index in [0.29, 0.717) is 11.5 Å². The van der Waals surface area contributed by atoms with Gasteiger partial charge >= 0.3 is 20.2 Å². The van der Waals surface area contributed by atoms with Gasteiger partial charge in [-0.1, -0.05) is 35.9 Å². The van der Waals surface area contributed by atoms with Gasteiger partial charge in [-0.3, -0.25) is 0 Å². The van der Waals surface area contributed by atoms with Crippen LogP contribution in [0, 0.1) is 6.92 Å². The molecule has 7 nitrogen and oxygen atoms in total. The molecule has 4 aromatic carbocycles. The number of hydrogen-bond acceptors (Lipinski definition) is 7. The average Bonchev–Trinajstić information content (AvgIpc) is 2.82. The largest absolute Gasteiger partial charge is 0.457 e. The summed E-state index contributed by atoms with van der Waals surface area (Å²) >= 11 is 0. The minimum Gasteiger partial charge on any atom is -0.457 e. The molecule has 34 heavy (non-hydrogen) atoms. The molecule has 4 rings (SSSR count). The molecule has 0 heterocycles. The lowest BCUT2D eigenvalue weighted by Crippen LogP contribution is -2.09. The number of hydrogen-bond donors (Lipinski definition) is 0.